The van der Waals surface area contributed by atoms with Gasteiger partial charge in [0, 0.05) is 32.5 Å². The number of hydrogen-bond acceptors (Lipinski definition) is 3. The van der Waals surface area contributed by atoms with Crippen LogP contribution in [0.5, 0.6) is 0 Å². The van der Waals surface area contributed by atoms with Gasteiger partial charge in [0.2, 0.25) is 5.91 Å². The minimum absolute atomic E-state index is 0.0375. The summed E-state index contributed by atoms with van der Waals surface area (Å²) in [5.41, 5.74) is 0. The zero-order valence-corrected chi connectivity index (χ0v) is 9.46. The summed E-state index contributed by atoms with van der Waals surface area (Å²) in [6.45, 7) is 4.75. The van der Waals surface area contributed by atoms with Gasteiger partial charge in [-0.25, -0.2) is 0 Å². The van der Waals surface area contributed by atoms with Crippen LogP contribution in [0.4, 0.5) is 0 Å². The molecule has 0 radical (unpaired) electrons. The van der Waals surface area contributed by atoms with E-state index < -0.39 is 0 Å². The van der Waals surface area contributed by atoms with Crippen molar-refractivity contribution < 1.29 is 9.59 Å². The molecule has 0 heterocycles. The van der Waals surface area contributed by atoms with Gasteiger partial charge in [0.05, 0.1) is 0 Å². The van der Waals surface area contributed by atoms with Gasteiger partial charge in [-0.2, -0.15) is 0 Å². The van der Waals surface area contributed by atoms with Crippen LogP contribution in [0.1, 0.15) is 20.3 Å². The fourth-order valence-electron chi connectivity index (χ4n) is 1.28. The van der Waals surface area contributed by atoms with Crippen LogP contribution in [0.2, 0.25) is 0 Å². The van der Waals surface area contributed by atoms with E-state index in [4.69, 9.17) is 0 Å². The third-order valence-corrected chi connectivity index (χ3v) is 2.09. The van der Waals surface area contributed by atoms with E-state index in [1.807, 2.05) is 7.05 Å². The second-order valence-corrected chi connectivity index (χ2v) is 3.67. The van der Waals surface area contributed by atoms with E-state index in [-0.39, 0.29) is 17.6 Å². The Labute approximate surface area is 85.7 Å². The fraction of sp³-hybridized carbons (Fsp3) is 0.800. The number of ketones is 1. The highest BCUT2D eigenvalue weighted by Crippen LogP contribution is 2.06. The average molecular weight is 200 g/mol. The molecule has 0 rings (SSSR count). The molecule has 4 heteroatoms. The van der Waals surface area contributed by atoms with Crippen LogP contribution >= 0.6 is 0 Å². The maximum atomic E-state index is 11.6. The smallest absolute Gasteiger partial charge is 0.225 e. The Morgan fingerprint density at radius 2 is 2.00 bits per heavy atom. The Morgan fingerprint density at radius 3 is 2.43 bits per heavy atom. The third-order valence-electron chi connectivity index (χ3n) is 2.09. The summed E-state index contributed by atoms with van der Waals surface area (Å²) in [6, 6.07) is 0. The maximum Gasteiger partial charge on any atom is 0.225 e. The van der Waals surface area contributed by atoms with Crippen LogP contribution in [0.25, 0.3) is 0 Å². The molecule has 0 unspecified atom stereocenters. The minimum atomic E-state index is -0.200. The molecule has 0 fully saturated rings. The van der Waals surface area contributed by atoms with E-state index in [0.29, 0.717) is 13.0 Å². The summed E-state index contributed by atoms with van der Waals surface area (Å²) in [4.78, 5) is 24.1. The first-order chi connectivity index (χ1) is 6.49. The molecule has 0 aromatic heterocycles. The Kier molecular flexibility index (Phi) is 6.12. The summed E-state index contributed by atoms with van der Waals surface area (Å²) < 4.78 is 0. The zero-order chi connectivity index (χ0) is 11.1. The molecule has 4 nitrogen and oxygen atoms in total. The van der Waals surface area contributed by atoms with Crippen LogP contribution < -0.4 is 5.32 Å². The first kappa shape index (κ1) is 13.1. The summed E-state index contributed by atoms with van der Waals surface area (Å²) >= 11 is 0. The first-order valence-corrected chi connectivity index (χ1v) is 4.88. The Bertz CT molecular complexity index is 204. The molecule has 0 aliphatic carbocycles. The molecule has 0 spiro atoms. The van der Waals surface area contributed by atoms with Gasteiger partial charge in [-0.05, 0) is 14.0 Å². The van der Waals surface area contributed by atoms with Gasteiger partial charge in [-0.3, -0.25) is 4.79 Å². The summed E-state index contributed by atoms with van der Waals surface area (Å²) in [6.07, 6.45) is 0.336. The largest absolute Gasteiger partial charge is 0.344 e. The van der Waals surface area contributed by atoms with Gasteiger partial charge in [-0.15, -0.1) is 0 Å². The fourth-order valence-corrected chi connectivity index (χ4v) is 1.28. The third kappa shape index (κ3) is 4.97. The number of nitrogens with one attached hydrogen (secondary N) is 1. The van der Waals surface area contributed by atoms with Gasteiger partial charge >= 0.3 is 0 Å². The SMILES string of the molecule is CNCCN(C)C(=O)[C@H](C)CC(C)=O. The van der Waals surface area contributed by atoms with E-state index in [1.54, 1.807) is 18.9 Å². The van der Waals surface area contributed by atoms with E-state index >= 15 is 0 Å². The summed E-state index contributed by atoms with van der Waals surface area (Å²) in [5, 5.41) is 2.97. The highest BCUT2D eigenvalue weighted by atomic mass is 16.2. The zero-order valence-electron chi connectivity index (χ0n) is 9.46. The van der Waals surface area contributed by atoms with Crippen LogP contribution in [0.3, 0.4) is 0 Å². The summed E-state index contributed by atoms with van der Waals surface area (Å²) in [7, 11) is 3.60. The number of carbonyl (C=O) groups excluding carboxylic acids is 2. The van der Waals surface area contributed by atoms with Crippen molar-refractivity contribution >= 4 is 11.7 Å². The molecule has 0 saturated heterocycles. The van der Waals surface area contributed by atoms with Crippen molar-refractivity contribution in [2.24, 2.45) is 5.92 Å². The lowest BCUT2D eigenvalue weighted by Crippen LogP contribution is -2.36. The van der Waals surface area contributed by atoms with Crippen LogP contribution in [-0.4, -0.2) is 43.8 Å². The van der Waals surface area contributed by atoms with E-state index in [2.05, 4.69) is 5.32 Å². The van der Waals surface area contributed by atoms with Crippen molar-refractivity contribution in [3.63, 3.8) is 0 Å². The minimum Gasteiger partial charge on any atom is -0.344 e. The highest BCUT2D eigenvalue weighted by Gasteiger charge is 2.18. The van der Waals surface area contributed by atoms with Gasteiger partial charge in [0.1, 0.15) is 5.78 Å². The molecule has 0 aliphatic rings. The van der Waals surface area contributed by atoms with Crippen LogP contribution in [-0.2, 0) is 9.59 Å². The normalized spacial score (nSPS) is 12.3. The van der Waals surface area contributed by atoms with Gasteiger partial charge in [-0.1, -0.05) is 6.92 Å². The van der Waals surface area contributed by atoms with Gasteiger partial charge < -0.3 is 15.0 Å². The Morgan fingerprint density at radius 1 is 1.43 bits per heavy atom. The van der Waals surface area contributed by atoms with Crippen molar-refractivity contribution in [1.29, 1.82) is 0 Å². The number of likely N-dealkylation sites (N-methyl/N-ethyl adjacent to an activating group) is 2. The van der Waals surface area contributed by atoms with E-state index in [1.165, 1.54) is 6.92 Å². The topological polar surface area (TPSA) is 49.4 Å². The number of amides is 1. The van der Waals surface area contributed by atoms with E-state index in [0.717, 1.165) is 6.54 Å². The molecule has 0 saturated carbocycles. The molecular weight excluding hydrogens is 180 g/mol. The molecule has 0 aliphatic heterocycles. The number of Topliss-reactive ketones (excluding diaryl/α,β-unsaturated/α-hetero) is 1. The first-order valence-electron chi connectivity index (χ1n) is 4.88. The number of nitrogens with zero attached hydrogens (tertiary/aromatic N) is 1. The van der Waals surface area contributed by atoms with Crippen molar-refractivity contribution in [3.8, 4) is 0 Å². The van der Waals surface area contributed by atoms with Crippen molar-refractivity contribution in [1.82, 2.24) is 10.2 Å². The maximum absolute atomic E-state index is 11.6. The Balaban J connectivity index is 3.97. The second-order valence-electron chi connectivity index (χ2n) is 3.67. The molecule has 82 valence electrons. The molecule has 0 aromatic rings. The number of hydrogen-bond donors (Lipinski definition) is 1. The monoisotopic (exact) mass is 200 g/mol. The van der Waals surface area contributed by atoms with Crippen molar-refractivity contribution in [3.05, 3.63) is 0 Å². The predicted octanol–water partition coefficient (Wildman–Crippen LogP) is 0.279. The van der Waals surface area contributed by atoms with Crippen molar-refractivity contribution in [2.45, 2.75) is 20.3 Å². The summed E-state index contributed by atoms with van der Waals surface area (Å²) in [5.74, 6) is -0.0994. The molecule has 14 heavy (non-hydrogen) atoms. The molecule has 0 bridgehead atoms. The Hall–Kier alpha value is -0.900. The lowest BCUT2D eigenvalue weighted by molar-refractivity contribution is -0.135. The second kappa shape index (κ2) is 6.54. The number of carbonyl (C=O) groups is 2. The van der Waals surface area contributed by atoms with Gasteiger partial charge in [0.25, 0.3) is 0 Å². The molecule has 1 atom stereocenters. The molecular formula is C10H20N2O2. The number of rotatable bonds is 6. The van der Waals surface area contributed by atoms with Crippen LogP contribution in [0.15, 0.2) is 0 Å². The highest BCUT2D eigenvalue weighted by molar-refractivity contribution is 5.85. The molecule has 0 aromatic carbocycles. The van der Waals surface area contributed by atoms with Crippen LogP contribution in [0, 0.1) is 5.92 Å². The average Bonchev–Trinajstić information content (AvgIpc) is 2.11. The molecule has 1 amide bonds. The quantitative estimate of drug-likeness (QED) is 0.670. The van der Waals surface area contributed by atoms with E-state index in [9.17, 15) is 9.59 Å². The standard InChI is InChI=1S/C10H20N2O2/c1-8(7-9(2)13)10(14)12(4)6-5-11-3/h8,11H,5-7H2,1-4H3/t8-/m1/s1. The predicted molar refractivity (Wildman–Crippen MR) is 56.0 cm³/mol. The molecule has 1 N–H and O–H groups in total. The lowest BCUT2D eigenvalue weighted by atomic mass is 10.0. The lowest BCUT2D eigenvalue weighted by Gasteiger charge is -2.20. The van der Waals surface area contributed by atoms with Crippen molar-refractivity contribution in [2.75, 3.05) is 27.2 Å². The van der Waals surface area contributed by atoms with Gasteiger partial charge in [0.15, 0.2) is 0 Å².